The lowest BCUT2D eigenvalue weighted by Crippen LogP contribution is -2.05. The number of hydrogen-bond donors (Lipinski definition) is 1. The molecule has 0 atom stereocenters. The first kappa shape index (κ1) is 8.91. The number of pyridine rings is 1. The molecule has 4 nitrogen and oxygen atoms in total. The van der Waals surface area contributed by atoms with Crippen molar-refractivity contribution in [2.24, 2.45) is 0 Å². The largest absolute Gasteiger partial charge is 0.329 e. The Kier molecular flexibility index (Phi) is 1.86. The molecule has 78 valence electrons. The highest BCUT2D eigenvalue weighted by molar-refractivity contribution is 5.83. The first-order valence-corrected chi connectivity index (χ1v) is 4.94. The van der Waals surface area contributed by atoms with Crippen LogP contribution in [0.3, 0.4) is 0 Å². The number of hydrogen-bond acceptors (Lipinski definition) is 2. The van der Waals surface area contributed by atoms with Gasteiger partial charge in [0, 0.05) is 29.7 Å². The van der Waals surface area contributed by atoms with Crippen molar-refractivity contribution in [2.75, 3.05) is 0 Å². The molecule has 0 saturated heterocycles. The molecule has 3 rings (SSSR count). The normalized spacial score (nSPS) is 10.8. The minimum atomic E-state index is -0.0699. The zero-order chi connectivity index (χ0) is 11.0. The van der Waals surface area contributed by atoms with E-state index in [9.17, 15) is 4.79 Å². The maximum absolute atomic E-state index is 11.6. The summed E-state index contributed by atoms with van der Waals surface area (Å²) in [6.45, 7) is 0. The van der Waals surface area contributed by atoms with E-state index in [0.717, 1.165) is 11.1 Å². The van der Waals surface area contributed by atoms with Crippen LogP contribution in [0.25, 0.3) is 16.5 Å². The van der Waals surface area contributed by atoms with Crippen LogP contribution in [0.1, 0.15) is 0 Å². The summed E-state index contributed by atoms with van der Waals surface area (Å²) in [7, 11) is 0. The van der Waals surface area contributed by atoms with E-state index < -0.39 is 0 Å². The van der Waals surface area contributed by atoms with Crippen molar-refractivity contribution in [2.45, 2.75) is 0 Å². The Labute approximate surface area is 91.2 Å². The number of nitrogens with one attached hydrogen (secondary N) is 1. The molecule has 0 saturated carbocycles. The quantitative estimate of drug-likeness (QED) is 0.666. The van der Waals surface area contributed by atoms with Gasteiger partial charge in [-0.2, -0.15) is 0 Å². The molecule has 0 bridgehead atoms. The zero-order valence-corrected chi connectivity index (χ0v) is 8.42. The van der Waals surface area contributed by atoms with Crippen molar-refractivity contribution in [1.82, 2.24) is 14.5 Å². The molecule has 0 spiro atoms. The predicted molar refractivity (Wildman–Crippen MR) is 61.7 cm³/mol. The van der Waals surface area contributed by atoms with Crippen LogP contribution in [0, 0.1) is 0 Å². The van der Waals surface area contributed by atoms with Crippen LogP contribution < -0.4 is 5.56 Å². The molecule has 3 aromatic rings. The molecule has 0 fully saturated rings. The van der Waals surface area contributed by atoms with Gasteiger partial charge in [-0.1, -0.05) is 6.07 Å². The van der Waals surface area contributed by atoms with Gasteiger partial charge in [0.2, 0.25) is 0 Å². The molecule has 0 unspecified atom stereocenters. The molecule has 0 radical (unpaired) electrons. The van der Waals surface area contributed by atoms with E-state index in [-0.39, 0.29) is 5.56 Å². The van der Waals surface area contributed by atoms with Crippen molar-refractivity contribution in [3.8, 4) is 5.69 Å². The summed E-state index contributed by atoms with van der Waals surface area (Å²) < 4.78 is 1.87. The third kappa shape index (κ3) is 1.32. The second kappa shape index (κ2) is 3.34. The van der Waals surface area contributed by atoms with Crippen LogP contribution in [0.5, 0.6) is 0 Å². The van der Waals surface area contributed by atoms with Crippen LogP contribution in [0.4, 0.5) is 0 Å². The molecule has 1 N–H and O–H groups in total. The van der Waals surface area contributed by atoms with Gasteiger partial charge in [0.1, 0.15) is 0 Å². The molecular weight excluding hydrogens is 202 g/mol. The number of imidazole rings is 1. The number of benzene rings is 1. The van der Waals surface area contributed by atoms with Crippen molar-refractivity contribution < 1.29 is 0 Å². The molecule has 2 aromatic heterocycles. The molecule has 0 amide bonds. The van der Waals surface area contributed by atoms with Crippen molar-refractivity contribution in [3.05, 3.63) is 59.5 Å². The molecule has 1 aromatic carbocycles. The minimum Gasteiger partial charge on any atom is -0.329 e. The first-order chi connectivity index (χ1) is 7.84. The minimum absolute atomic E-state index is 0.0699. The van der Waals surface area contributed by atoms with Crippen molar-refractivity contribution >= 4 is 10.8 Å². The van der Waals surface area contributed by atoms with E-state index in [1.165, 1.54) is 0 Å². The lowest BCUT2D eigenvalue weighted by Gasteiger charge is -2.03. The molecule has 0 aliphatic heterocycles. The third-order valence-electron chi connectivity index (χ3n) is 2.56. The van der Waals surface area contributed by atoms with Gasteiger partial charge in [0.15, 0.2) is 0 Å². The number of aromatic amines is 1. The standard InChI is InChI=1S/C12H9N3O/c16-12-11-7-10(15-6-5-13-8-15)2-1-9(11)3-4-14-12/h1-8H,(H,14,16). The van der Waals surface area contributed by atoms with Gasteiger partial charge in [-0.15, -0.1) is 0 Å². The highest BCUT2D eigenvalue weighted by Crippen LogP contribution is 2.14. The number of H-pyrrole nitrogens is 1. The van der Waals surface area contributed by atoms with E-state index in [4.69, 9.17) is 0 Å². The topological polar surface area (TPSA) is 50.7 Å². The Morgan fingerprint density at radius 3 is 3.00 bits per heavy atom. The molecule has 16 heavy (non-hydrogen) atoms. The summed E-state index contributed by atoms with van der Waals surface area (Å²) in [6, 6.07) is 7.63. The smallest absolute Gasteiger partial charge is 0.255 e. The summed E-state index contributed by atoms with van der Waals surface area (Å²) in [5.74, 6) is 0. The summed E-state index contributed by atoms with van der Waals surface area (Å²) in [5.41, 5.74) is 0.862. The maximum atomic E-state index is 11.6. The highest BCUT2D eigenvalue weighted by atomic mass is 16.1. The molecule has 0 aliphatic rings. The summed E-state index contributed by atoms with van der Waals surface area (Å²) in [4.78, 5) is 18.3. The van der Waals surface area contributed by atoms with Crippen LogP contribution in [-0.2, 0) is 0 Å². The molecule has 0 aliphatic carbocycles. The SMILES string of the molecule is O=c1[nH]ccc2ccc(-n3ccnc3)cc12. The van der Waals surface area contributed by atoms with Crippen molar-refractivity contribution in [1.29, 1.82) is 0 Å². The lowest BCUT2D eigenvalue weighted by atomic mass is 10.1. The van der Waals surface area contributed by atoms with Gasteiger partial charge in [-0.3, -0.25) is 4.79 Å². The van der Waals surface area contributed by atoms with Crippen LogP contribution in [-0.4, -0.2) is 14.5 Å². The molecular formula is C12H9N3O. The molecule has 4 heteroatoms. The number of fused-ring (bicyclic) bond motifs is 1. The zero-order valence-electron chi connectivity index (χ0n) is 8.42. The van der Waals surface area contributed by atoms with E-state index in [1.54, 1.807) is 18.7 Å². The number of rotatable bonds is 1. The summed E-state index contributed by atoms with van der Waals surface area (Å²) in [5, 5.41) is 1.63. The van der Waals surface area contributed by atoms with Gasteiger partial charge in [-0.25, -0.2) is 4.98 Å². The second-order valence-electron chi connectivity index (χ2n) is 3.55. The Morgan fingerprint density at radius 1 is 1.25 bits per heavy atom. The first-order valence-electron chi connectivity index (χ1n) is 4.94. The highest BCUT2D eigenvalue weighted by Gasteiger charge is 2.00. The van der Waals surface area contributed by atoms with Gasteiger partial charge in [-0.05, 0) is 23.6 Å². The van der Waals surface area contributed by atoms with Gasteiger partial charge in [0.05, 0.1) is 6.33 Å². The summed E-state index contributed by atoms with van der Waals surface area (Å²) in [6.07, 6.45) is 6.91. The summed E-state index contributed by atoms with van der Waals surface area (Å²) >= 11 is 0. The maximum Gasteiger partial charge on any atom is 0.255 e. The van der Waals surface area contributed by atoms with E-state index in [1.807, 2.05) is 35.0 Å². The van der Waals surface area contributed by atoms with Gasteiger partial charge < -0.3 is 9.55 Å². The number of nitrogens with zero attached hydrogens (tertiary/aromatic N) is 2. The van der Waals surface area contributed by atoms with Gasteiger partial charge in [0.25, 0.3) is 5.56 Å². The Balaban J connectivity index is 2.31. The van der Waals surface area contributed by atoms with E-state index in [0.29, 0.717) is 5.39 Å². The van der Waals surface area contributed by atoms with Crippen LogP contribution in [0.15, 0.2) is 54.0 Å². The Morgan fingerprint density at radius 2 is 2.19 bits per heavy atom. The Hall–Kier alpha value is -2.36. The van der Waals surface area contributed by atoms with E-state index in [2.05, 4.69) is 9.97 Å². The second-order valence-corrected chi connectivity index (χ2v) is 3.55. The van der Waals surface area contributed by atoms with Gasteiger partial charge >= 0.3 is 0 Å². The lowest BCUT2D eigenvalue weighted by molar-refractivity contribution is 1.06. The fourth-order valence-corrected chi connectivity index (χ4v) is 1.74. The third-order valence-corrected chi connectivity index (χ3v) is 2.56. The average molecular weight is 211 g/mol. The van der Waals surface area contributed by atoms with Crippen LogP contribution >= 0.6 is 0 Å². The van der Waals surface area contributed by atoms with Crippen LogP contribution in [0.2, 0.25) is 0 Å². The fraction of sp³-hybridized carbons (Fsp3) is 0. The predicted octanol–water partition coefficient (Wildman–Crippen LogP) is 1.71. The van der Waals surface area contributed by atoms with Crippen molar-refractivity contribution in [3.63, 3.8) is 0 Å². The Bertz CT molecular complexity index is 683. The molecule has 2 heterocycles. The average Bonchev–Trinajstić information content (AvgIpc) is 2.83. The monoisotopic (exact) mass is 211 g/mol. The number of aromatic nitrogens is 3. The van der Waals surface area contributed by atoms with E-state index >= 15 is 0 Å². The fourth-order valence-electron chi connectivity index (χ4n) is 1.74.